The van der Waals surface area contributed by atoms with Crippen molar-refractivity contribution in [3.8, 4) is 0 Å². The first-order valence-corrected chi connectivity index (χ1v) is 9.42. The summed E-state index contributed by atoms with van der Waals surface area (Å²) < 4.78 is 46.1. The minimum Gasteiger partial charge on any atom is -0.338 e. The highest BCUT2D eigenvalue weighted by Gasteiger charge is 2.31. The Labute approximate surface area is 153 Å². The summed E-state index contributed by atoms with van der Waals surface area (Å²) in [5, 5.41) is 4.56. The molecule has 5 nitrogen and oxygen atoms in total. The van der Waals surface area contributed by atoms with Gasteiger partial charge in [-0.3, -0.25) is 0 Å². The lowest BCUT2D eigenvalue weighted by Crippen LogP contribution is -2.05. The van der Waals surface area contributed by atoms with E-state index < -0.39 is 11.7 Å². The number of rotatable bonds is 7. The van der Waals surface area contributed by atoms with Crippen molar-refractivity contribution in [2.75, 3.05) is 0 Å². The summed E-state index contributed by atoms with van der Waals surface area (Å²) in [7, 11) is 0. The van der Waals surface area contributed by atoms with Crippen LogP contribution in [0.2, 0.25) is 0 Å². The zero-order valence-electron chi connectivity index (χ0n) is 14.5. The molecule has 3 aromatic rings. The lowest BCUT2D eigenvalue weighted by atomic mass is 10.2. The van der Waals surface area contributed by atoms with Crippen LogP contribution in [-0.4, -0.2) is 19.7 Å². The van der Waals surface area contributed by atoms with Crippen LogP contribution in [0.3, 0.4) is 0 Å². The van der Waals surface area contributed by atoms with E-state index in [-0.39, 0.29) is 0 Å². The van der Waals surface area contributed by atoms with Crippen molar-refractivity contribution in [3.63, 3.8) is 0 Å². The Morgan fingerprint density at radius 2 is 1.96 bits per heavy atom. The number of aromatic nitrogens is 4. The standard InChI is InChI=1S/C17H19F3N4OS/c1-3-5-14-22-15(25-23-14)10-26-16-21-12-7-6-11(17(18,19)20)9-13(12)24(16)8-4-2/h6-7,9H,3-5,8,10H2,1-2H3. The summed E-state index contributed by atoms with van der Waals surface area (Å²) in [6, 6.07) is 3.64. The van der Waals surface area contributed by atoms with Gasteiger partial charge < -0.3 is 9.09 Å². The van der Waals surface area contributed by atoms with Crippen LogP contribution in [0.1, 0.15) is 44.0 Å². The third-order valence-corrected chi connectivity index (χ3v) is 4.76. The Bertz CT molecular complexity index is 888. The van der Waals surface area contributed by atoms with E-state index in [0.29, 0.717) is 40.2 Å². The number of hydrogen-bond donors (Lipinski definition) is 0. The molecule has 2 heterocycles. The van der Waals surface area contributed by atoms with Crippen LogP contribution >= 0.6 is 11.8 Å². The number of fused-ring (bicyclic) bond motifs is 1. The van der Waals surface area contributed by atoms with Crippen molar-refractivity contribution in [2.24, 2.45) is 0 Å². The number of hydrogen-bond acceptors (Lipinski definition) is 5. The average Bonchev–Trinajstić information content (AvgIpc) is 3.17. The smallest absolute Gasteiger partial charge is 0.338 e. The third kappa shape index (κ3) is 4.03. The SMILES string of the molecule is CCCc1noc(CSc2nc3ccc(C(F)(F)F)cc3n2CCC)n1. The monoisotopic (exact) mass is 384 g/mol. The number of thioether (sulfide) groups is 1. The lowest BCUT2D eigenvalue weighted by molar-refractivity contribution is -0.137. The summed E-state index contributed by atoms with van der Waals surface area (Å²) >= 11 is 1.38. The number of aryl methyl sites for hydroxylation is 2. The van der Waals surface area contributed by atoms with Gasteiger partial charge >= 0.3 is 6.18 Å². The van der Waals surface area contributed by atoms with Gasteiger partial charge in [0.05, 0.1) is 22.3 Å². The molecule has 0 spiro atoms. The molecule has 2 aromatic heterocycles. The second-order valence-corrected chi connectivity index (χ2v) is 6.83. The van der Waals surface area contributed by atoms with Crippen LogP contribution in [0, 0.1) is 0 Å². The summed E-state index contributed by atoms with van der Waals surface area (Å²) in [6.45, 7) is 4.60. The summed E-state index contributed by atoms with van der Waals surface area (Å²) in [5.41, 5.74) is 0.368. The first-order valence-electron chi connectivity index (χ1n) is 8.44. The molecule has 1 aromatic carbocycles. The van der Waals surface area contributed by atoms with E-state index in [1.54, 1.807) is 0 Å². The van der Waals surface area contributed by atoms with Gasteiger partial charge in [0.25, 0.3) is 0 Å². The molecule has 0 saturated heterocycles. The number of benzene rings is 1. The molecule has 140 valence electrons. The van der Waals surface area contributed by atoms with Crippen molar-refractivity contribution < 1.29 is 17.7 Å². The van der Waals surface area contributed by atoms with Gasteiger partial charge in [-0.25, -0.2) is 4.98 Å². The Morgan fingerprint density at radius 1 is 1.15 bits per heavy atom. The largest absolute Gasteiger partial charge is 0.416 e. The lowest BCUT2D eigenvalue weighted by Gasteiger charge is -2.09. The highest BCUT2D eigenvalue weighted by Crippen LogP contribution is 2.33. The zero-order valence-corrected chi connectivity index (χ0v) is 15.3. The van der Waals surface area contributed by atoms with Gasteiger partial charge in [-0.15, -0.1) is 0 Å². The molecular formula is C17H19F3N4OS. The first kappa shape index (κ1) is 18.8. The Balaban J connectivity index is 1.87. The normalized spacial score (nSPS) is 12.2. The van der Waals surface area contributed by atoms with E-state index in [0.717, 1.165) is 31.4 Å². The topological polar surface area (TPSA) is 56.7 Å². The Kier molecular flexibility index (Phi) is 5.55. The quantitative estimate of drug-likeness (QED) is 0.531. The number of halogens is 3. The van der Waals surface area contributed by atoms with Crippen LogP contribution in [0.15, 0.2) is 27.9 Å². The fourth-order valence-electron chi connectivity index (χ4n) is 2.63. The van der Waals surface area contributed by atoms with Gasteiger partial charge in [0.1, 0.15) is 0 Å². The highest BCUT2D eigenvalue weighted by atomic mass is 32.2. The molecule has 0 saturated carbocycles. The minimum absolute atomic E-state index is 0.426. The molecule has 0 N–H and O–H groups in total. The van der Waals surface area contributed by atoms with Gasteiger partial charge in [-0.2, -0.15) is 18.2 Å². The molecule has 3 rings (SSSR count). The second-order valence-electron chi connectivity index (χ2n) is 5.89. The summed E-state index contributed by atoms with van der Waals surface area (Å²) in [6.07, 6.45) is -1.90. The van der Waals surface area contributed by atoms with E-state index >= 15 is 0 Å². The number of imidazole rings is 1. The van der Waals surface area contributed by atoms with Crippen LogP contribution in [0.25, 0.3) is 11.0 Å². The molecule has 0 unspecified atom stereocenters. The zero-order chi connectivity index (χ0) is 18.7. The predicted molar refractivity (Wildman–Crippen MR) is 92.9 cm³/mol. The van der Waals surface area contributed by atoms with Crippen LogP contribution < -0.4 is 0 Å². The molecule has 0 bridgehead atoms. The molecule has 0 aliphatic rings. The molecule has 0 aliphatic carbocycles. The molecule has 0 amide bonds. The summed E-state index contributed by atoms with van der Waals surface area (Å²) in [4.78, 5) is 8.79. The first-order chi connectivity index (χ1) is 12.4. The number of nitrogens with zero attached hydrogens (tertiary/aromatic N) is 4. The fourth-order valence-corrected chi connectivity index (χ4v) is 3.51. The molecule has 26 heavy (non-hydrogen) atoms. The van der Waals surface area contributed by atoms with Crippen molar-refractivity contribution in [3.05, 3.63) is 35.5 Å². The van der Waals surface area contributed by atoms with Crippen molar-refractivity contribution in [2.45, 2.75) is 56.7 Å². The van der Waals surface area contributed by atoms with Gasteiger partial charge in [-0.05, 0) is 31.0 Å². The molecule has 0 radical (unpaired) electrons. The van der Waals surface area contributed by atoms with Gasteiger partial charge in [-0.1, -0.05) is 30.8 Å². The van der Waals surface area contributed by atoms with Crippen molar-refractivity contribution >= 4 is 22.8 Å². The van der Waals surface area contributed by atoms with E-state index in [1.807, 2.05) is 18.4 Å². The van der Waals surface area contributed by atoms with Gasteiger partial charge in [0, 0.05) is 13.0 Å². The highest BCUT2D eigenvalue weighted by molar-refractivity contribution is 7.98. The Hall–Kier alpha value is -2.03. The van der Waals surface area contributed by atoms with Crippen LogP contribution in [0.4, 0.5) is 13.2 Å². The third-order valence-electron chi connectivity index (χ3n) is 3.80. The van der Waals surface area contributed by atoms with E-state index in [4.69, 9.17) is 4.52 Å². The van der Waals surface area contributed by atoms with E-state index in [1.165, 1.54) is 17.8 Å². The maximum Gasteiger partial charge on any atom is 0.416 e. The van der Waals surface area contributed by atoms with E-state index in [9.17, 15) is 13.2 Å². The fraction of sp³-hybridized carbons (Fsp3) is 0.471. The van der Waals surface area contributed by atoms with Gasteiger partial charge in [0.15, 0.2) is 11.0 Å². The van der Waals surface area contributed by atoms with Crippen molar-refractivity contribution in [1.82, 2.24) is 19.7 Å². The molecule has 9 heteroatoms. The maximum absolute atomic E-state index is 13.0. The predicted octanol–water partition coefficient (Wildman–Crippen LogP) is 5.09. The Morgan fingerprint density at radius 3 is 2.65 bits per heavy atom. The van der Waals surface area contributed by atoms with Gasteiger partial charge in [0.2, 0.25) is 5.89 Å². The second kappa shape index (κ2) is 7.69. The minimum atomic E-state index is -4.37. The van der Waals surface area contributed by atoms with Crippen LogP contribution in [-0.2, 0) is 24.9 Å². The maximum atomic E-state index is 13.0. The summed E-state index contributed by atoms with van der Waals surface area (Å²) in [5.74, 6) is 1.58. The van der Waals surface area contributed by atoms with E-state index in [2.05, 4.69) is 15.1 Å². The molecule has 0 aliphatic heterocycles. The average molecular weight is 384 g/mol. The van der Waals surface area contributed by atoms with Crippen LogP contribution in [0.5, 0.6) is 0 Å². The number of alkyl halides is 3. The molecular weight excluding hydrogens is 365 g/mol. The van der Waals surface area contributed by atoms with Crippen molar-refractivity contribution in [1.29, 1.82) is 0 Å². The molecule has 0 atom stereocenters. The molecule has 0 fully saturated rings.